The summed E-state index contributed by atoms with van der Waals surface area (Å²) >= 11 is 0. The summed E-state index contributed by atoms with van der Waals surface area (Å²) in [5.74, 6) is -2.27. The molecule has 0 aliphatic heterocycles. The van der Waals surface area contributed by atoms with Crippen LogP contribution in [0, 0.1) is 45.3 Å². The van der Waals surface area contributed by atoms with Gasteiger partial charge in [-0.3, -0.25) is 0 Å². The number of hydrogen-bond donors (Lipinski definition) is 0. The molecule has 8 nitrogen and oxygen atoms in total. The van der Waals surface area contributed by atoms with Crippen molar-refractivity contribution in [2.24, 2.45) is 45.3 Å². The van der Waals surface area contributed by atoms with Crippen LogP contribution >= 0.6 is 0 Å². The number of fused-ring (bicyclic) bond motifs is 1. The fraction of sp³-hybridized carbons (Fsp3) is 0.720. The van der Waals surface area contributed by atoms with Crippen molar-refractivity contribution in [2.45, 2.75) is 162 Å². The van der Waals surface area contributed by atoms with Crippen molar-refractivity contribution in [3.63, 3.8) is 0 Å². The smallest absolute Gasteiger partial charge is 0.339 e. The van der Waals surface area contributed by atoms with E-state index in [0.717, 1.165) is 25.7 Å². The molecule has 0 N–H and O–H groups in total. The van der Waals surface area contributed by atoms with Gasteiger partial charge >= 0.3 is 23.9 Å². The van der Waals surface area contributed by atoms with Gasteiger partial charge in [0.25, 0.3) is 0 Å². The van der Waals surface area contributed by atoms with Gasteiger partial charge in [-0.25, -0.2) is 19.2 Å². The lowest BCUT2D eigenvalue weighted by molar-refractivity contribution is 0.0398. The van der Waals surface area contributed by atoms with E-state index in [2.05, 4.69) is 111 Å². The van der Waals surface area contributed by atoms with Crippen LogP contribution in [0.25, 0.3) is 10.8 Å². The summed E-state index contributed by atoms with van der Waals surface area (Å²) < 4.78 is 23.7. The van der Waals surface area contributed by atoms with Crippen molar-refractivity contribution in [3.8, 4) is 0 Å². The first kappa shape index (κ1) is 50.7. The predicted molar refractivity (Wildman–Crippen MR) is 236 cm³/mol. The molecular formula is C50H80O8. The second-order valence-corrected chi connectivity index (χ2v) is 22.2. The zero-order chi connectivity index (χ0) is 44.2. The molecular weight excluding hydrogens is 729 g/mol. The van der Waals surface area contributed by atoms with E-state index >= 15 is 0 Å². The largest absolute Gasteiger partial charge is 0.462 e. The molecule has 328 valence electrons. The van der Waals surface area contributed by atoms with Gasteiger partial charge in [-0.1, -0.05) is 135 Å². The monoisotopic (exact) mass is 809 g/mol. The number of hydrogen-bond acceptors (Lipinski definition) is 8. The molecule has 0 aromatic heterocycles. The van der Waals surface area contributed by atoms with E-state index in [0.29, 0.717) is 36.5 Å². The van der Waals surface area contributed by atoms with Crippen LogP contribution in [0.15, 0.2) is 24.3 Å². The van der Waals surface area contributed by atoms with E-state index in [-0.39, 0.29) is 94.0 Å². The van der Waals surface area contributed by atoms with Gasteiger partial charge in [-0.2, -0.15) is 0 Å². The van der Waals surface area contributed by atoms with Crippen molar-refractivity contribution in [3.05, 3.63) is 46.5 Å². The lowest BCUT2D eigenvalue weighted by Gasteiger charge is -2.24. The van der Waals surface area contributed by atoms with Crippen LogP contribution < -0.4 is 0 Å². The molecule has 0 spiro atoms. The maximum absolute atomic E-state index is 14.5. The molecule has 0 saturated carbocycles. The minimum absolute atomic E-state index is 0.0615. The minimum Gasteiger partial charge on any atom is -0.462 e. The average Bonchev–Trinajstić information content (AvgIpc) is 3.03. The number of benzene rings is 2. The van der Waals surface area contributed by atoms with Crippen molar-refractivity contribution in [2.75, 3.05) is 26.4 Å². The lowest BCUT2D eigenvalue weighted by atomic mass is 9.84. The van der Waals surface area contributed by atoms with Gasteiger partial charge in [-0.15, -0.1) is 0 Å². The first-order chi connectivity index (χ1) is 26.6. The van der Waals surface area contributed by atoms with Crippen LogP contribution in [0.2, 0.25) is 0 Å². The Morgan fingerprint density at radius 2 is 0.603 bits per heavy atom. The summed E-state index contributed by atoms with van der Waals surface area (Å²) in [5.41, 5.74) is -0.489. The average molecular weight is 809 g/mol. The Labute approximate surface area is 352 Å². The van der Waals surface area contributed by atoms with Crippen LogP contribution in [0.3, 0.4) is 0 Å². The normalized spacial score (nSPS) is 14.7. The molecule has 0 bridgehead atoms. The van der Waals surface area contributed by atoms with E-state index in [1.807, 2.05) is 0 Å². The van der Waals surface area contributed by atoms with E-state index < -0.39 is 23.9 Å². The third-order valence-corrected chi connectivity index (χ3v) is 10.3. The number of carbonyl (C=O) groups excluding carboxylic acids is 4. The van der Waals surface area contributed by atoms with Crippen molar-refractivity contribution >= 4 is 34.6 Å². The fourth-order valence-corrected chi connectivity index (χ4v) is 8.56. The summed E-state index contributed by atoms with van der Waals surface area (Å²) in [6.45, 7) is 34.9. The molecule has 0 heterocycles. The summed E-state index contributed by atoms with van der Waals surface area (Å²) in [6, 6.07) is 6.79. The Hall–Kier alpha value is -3.42. The van der Waals surface area contributed by atoms with Gasteiger partial charge < -0.3 is 18.9 Å². The van der Waals surface area contributed by atoms with Crippen molar-refractivity contribution < 1.29 is 38.1 Å². The Morgan fingerprint density at radius 3 is 0.810 bits per heavy atom. The number of carbonyl (C=O) groups is 4. The molecule has 8 heteroatoms. The highest BCUT2D eigenvalue weighted by Gasteiger charge is 2.36. The SMILES string of the molecule is CC(CCOC(=O)c1c(C(=O)OCCC(C)CC(C)(C)C)c(C(=O)OCCC(C)CC(C)(C)C)c2ccccc2c1C(=O)OCCC(C)CC(C)(C)C)CC(C)(C)C. The molecule has 58 heavy (non-hydrogen) atoms. The highest BCUT2D eigenvalue weighted by atomic mass is 16.5. The van der Waals surface area contributed by atoms with Crippen molar-refractivity contribution in [1.29, 1.82) is 0 Å². The summed E-state index contributed by atoms with van der Waals surface area (Å²) in [7, 11) is 0. The summed E-state index contributed by atoms with van der Waals surface area (Å²) in [6.07, 6.45) is 6.11. The van der Waals surface area contributed by atoms with Crippen molar-refractivity contribution in [1.82, 2.24) is 0 Å². The molecule has 2 rings (SSSR count). The highest BCUT2D eigenvalue weighted by molar-refractivity contribution is 6.24. The maximum Gasteiger partial charge on any atom is 0.339 e. The zero-order valence-electron chi connectivity index (χ0n) is 39.4. The first-order valence-corrected chi connectivity index (χ1v) is 21.9. The summed E-state index contributed by atoms with van der Waals surface area (Å²) in [4.78, 5) is 57.7. The van der Waals surface area contributed by atoms with Crippen LogP contribution in [0.4, 0.5) is 0 Å². The van der Waals surface area contributed by atoms with Crippen LogP contribution in [-0.2, 0) is 18.9 Å². The minimum atomic E-state index is -0.886. The van der Waals surface area contributed by atoms with E-state index in [9.17, 15) is 19.2 Å². The zero-order valence-corrected chi connectivity index (χ0v) is 39.4. The fourth-order valence-electron chi connectivity index (χ4n) is 8.56. The van der Waals surface area contributed by atoms with Gasteiger partial charge in [0.2, 0.25) is 0 Å². The molecule has 0 amide bonds. The highest BCUT2D eigenvalue weighted by Crippen LogP contribution is 2.35. The topological polar surface area (TPSA) is 105 Å². The molecule has 0 aliphatic carbocycles. The first-order valence-electron chi connectivity index (χ1n) is 21.9. The lowest BCUT2D eigenvalue weighted by Crippen LogP contribution is -2.26. The molecule has 0 aliphatic rings. The van der Waals surface area contributed by atoms with Gasteiger partial charge in [-0.05, 0) is 107 Å². The molecule has 4 atom stereocenters. The second-order valence-electron chi connectivity index (χ2n) is 22.2. The Bertz CT molecular complexity index is 1540. The van der Waals surface area contributed by atoms with Crippen LogP contribution in [-0.4, -0.2) is 50.3 Å². The second kappa shape index (κ2) is 21.7. The molecule has 0 fully saturated rings. The molecule has 2 aromatic carbocycles. The van der Waals surface area contributed by atoms with Gasteiger partial charge in [0.1, 0.15) is 0 Å². The standard InChI is InChI=1S/C50H80O8/c1-33(29-47(5,6)7)21-25-55-43(51)39-37-19-17-18-20-38(37)40(44(52)56-26-22-34(2)30-48(8,9)10)42(46(54)58-28-24-36(4)32-50(14,15)16)41(39)45(53)57-27-23-35(3)31-49(11,12)13/h17-20,33-36H,21-32H2,1-16H3. The maximum atomic E-state index is 14.5. The molecule has 2 aromatic rings. The van der Waals surface area contributed by atoms with Gasteiger partial charge in [0, 0.05) is 0 Å². The van der Waals surface area contributed by atoms with Crippen LogP contribution in [0.5, 0.6) is 0 Å². The molecule has 0 radical (unpaired) electrons. The molecule has 4 unspecified atom stereocenters. The van der Waals surface area contributed by atoms with Gasteiger partial charge in [0.05, 0.1) is 48.7 Å². The number of ether oxygens (including phenoxy) is 4. The van der Waals surface area contributed by atoms with Crippen LogP contribution in [0.1, 0.15) is 204 Å². The third-order valence-electron chi connectivity index (χ3n) is 10.3. The summed E-state index contributed by atoms with van der Waals surface area (Å²) in [5, 5.41) is 0.596. The number of esters is 4. The Balaban J connectivity index is 2.77. The Kier molecular flexibility index (Phi) is 19.0. The number of rotatable bonds is 20. The van der Waals surface area contributed by atoms with E-state index in [1.54, 1.807) is 24.3 Å². The predicted octanol–water partition coefficient (Wildman–Crippen LogP) is 13.3. The quantitative estimate of drug-likeness (QED) is 0.0962. The molecule has 0 saturated heterocycles. The van der Waals surface area contributed by atoms with E-state index in [1.165, 1.54) is 0 Å². The third kappa shape index (κ3) is 18.2. The Morgan fingerprint density at radius 1 is 0.397 bits per heavy atom. The van der Waals surface area contributed by atoms with E-state index in [4.69, 9.17) is 18.9 Å². The van der Waals surface area contributed by atoms with Gasteiger partial charge in [0.15, 0.2) is 0 Å².